The first-order valence-electron chi connectivity index (χ1n) is 4.56. The lowest BCUT2D eigenvalue weighted by Gasteiger charge is -2.11. The van der Waals surface area contributed by atoms with Gasteiger partial charge in [-0.2, -0.15) is 0 Å². The summed E-state index contributed by atoms with van der Waals surface area (Å²) >= 11 is 0. The van der Waals surface area contributed by atoms with Crippen LogP contribution in [0.5, 0.6) is 0 Å². The van der Waals surface area contributed by atoms with E-state index in [1.807, 2.05) is 6.20 Å². The fourth-order valence-corrected chi connectivity index (χ4v) is 1.34. The molecule has 3 N–H and O–H groups in total. The Morgan fingerprint density at radius 3 is 3.00 bits per heavy atom. The summed E-state index contributed by atoms with van der Waals surface area (Å²) in [5.74, 6) is 0.465. The van der Waals surface area contributed by atoms with Gasteiger partial charge in [0.15, 0.2) is 0 Å². The van der Waals surface area contributed by atoms with E-state index in [4.69, 9.17) is 5.73 Å². The maximum Gasteiger partial charge on any atom is 0.0921 e. The molecule has 1 rings (SSSR count). The molecule has 68 valence electrons. The smallest absolute Gasteiger partial charge is 0.0921 e. The lowest BCUT2D eigenvalue weighted by atomic mass is 9.99. The number of rotatable bonds is 5. The van der Waals surface area contributed by atoms with Crippen LogP contribution in [0.15, 0.2) is 12.5 Å². The SMILES string of the molecule is CCCCC(CN)c1cnc[nH]1. The molecule has 0 saturated heterocycles. The van der Waals surface area contributed by atoms with Gasteiger partial charge in [-0.1, -0.05) is 19.8 Å². The Morgan fingerprint density at radius 2 is 2.50 bits per heavy atom. The van der Waals surface area contributed by atoms with Gasteiger partial charge in [0.05, 0.1) is 6.33 Å². The standard InChI is InChI=1S/C9H17N3/c1-2-3-4-8(5-10)9-6-11-7-12-9/h6-8H,2-5,10H2,1H3,(H,11,12). The van der Waals surface area contributed by atoms with Gasteiger partial charge in [0.25, 0.3) is 0 Å². The van der Waals surface area contributed by atoms with Crippen LogP contribution in [-0.2, 0) is 0 Å². The summed E-state index contributed by atoms with van der Waals surface area (Å²) in [5.41, 5.74) is 6.83. The van der Waals surface area contributed by atoms with Gasteiger partial charge in [0, 0.05) is 24.4 Å². The number of nitrogens with one attached hydrogen (secondary N) is 1. The van der Waals surface area contributed by atoms with Crippen molar-refractivity contribution in [3.8, 4) is 0 Å². The molecule has 3 nitrogen and oxygen atoms in total. The third-order valence-corrected chi connectivity index (χ3v) is 2.15. The third kappa shape index (κ3) is 2.34. The summed E-state index contributed by atoms with van der Waals surface area (Å²) < 4.78 is 0. The number of aromatic amines is 1. The van der Waals surface area contributed by atoms with Crippen molar-refractivity contribution >= 4 is 0 Å². The number of nitrogens with zero attached hydrogens (tertiary/aromatic N) is 1. The first kappa shape index (κ1) is 9.26. The van der Waals surface area contributed by atoms with E-state index >= 15 is 0 Å². The summed E-state index contributed by atoms with van der Waals surface area (Å²) in [6, 6.07) is 0. The van der Waals surface area contributed by atoms with Crippen LogP contribution >= 0.6 is 0 Å². The highest BCUT2D eigenvalue weighted by Crippen LogP contribution is 2.17. The minimum Gasteiger partial charge on any atom is -0.348 e. The third-order valence-electron chi connectivity index (χ3n) is 2.15. The van der Waals surface area contributed by atoms with Crippen LogP contribution in [0.1, 0.15) is 37.8 Å². The van der Waals surface area contributed by atoms with E-state index in [9.17, 15) is 0 Å². The Kier molecular flexibility index (Phi) is 3.80. The van der Waals surface area contributed by atoms with Gasteiger partial charge in [0.2, 0.25) is 0 Å². The van der Waals surface area contributed by atoms with Gasteiger partial charge in [-0.3, -0.25) is 0 Å². The molecule has 0 amide bonds. The molecule has 3 heteroatoms. The molecule has 1 aromatic rings. The normalized spacial score (nSPS) is 13.2. The summed E-state index contributed by atoms with van der Waals surface area (Å²) in [4.78, 5) is 7.09. The molecule has 0 aliphatic rings. The molecular formula is C9H17N3. The molecular weight excluding hydrogens is 150 g/mol. The number of nitrogens with two attached hydrogens (primary N) is 1. The molecule has 0 saturated carbocycles. The highest BCUT2D eigenvalue weighted by atomic mass is 14.9. The van der Waals surface area contributed by atoms with Crippen molar-refractivity contribution in [1.82, 2.24) is 9.97 Å². The molecule has 0 aliphatic carbocycles. The summed E-state index contributed by atoms with van der Waals surface area (Å²) in [6.07, 6.45) is 7.21. The van der Waals surface area contributed by atoms with Gasteiger partial charge >= 0.3 is 0 Å². The Bertz CT molecular complexity index is 194. The zero-order chi connectivity index (χ0) is 8.81. The number of H-pyrrole nitrogens is 1. The molecule has 0 spiro atoms. The highest BCUT2D eigenvalue weighted by molar-refractivity contribution is 5.03. The molecule has 0 aromatic carbocycles. The van der Waals surface area contributed by atoms with Gasteiger partial charge in [-0.15, -0.1) is 0 Å². The van der Waals surface area contributed by atoms with Crippen LogP contribution in [0.4, 0.5) is 0 Å². The average Bonchev–Trinajstić information content (AvgIpc) is 2.59. The molecule has 0 aliphatic heterocycles. The Labute approximate surface area is 73.4 Å². The molecule has 1 aromatic heterocycles. The van der Waals surface area contributed by atoms with E-state index in [1.165, 1.54) is 18.5 Å². The average molecular weight is 167 g/mol. The summed E-state index contributed by atoms with van der Waals surface area (Å²) in [6.45, 7) is 2.91. The van der Waals surface area contributed by atoms with Crippen molar-refractivity contribution in [1.29, 1.82) is 0 Å². The second-order valence-electron chi connectivity index (χ2n) is 3.08. The summed E-state index contributed by atoms with van der Waals surface area (Å²) in [7, 11) is 0. The maximum absolute atomic E-state index is 5.66. The zero-order valence-corrected chi connectivity index (χ0v) is 7.59. The van der Waals surface area contributed by atoms with E-state index in [2.05, 4.69) is 16.9 Å². The fourth-order valence-electron chi connectivity index (χ4n) is 1.34. The van der Waals surface area contributed by atoms with Crippen LogP contribution in [0.3, 0.4) is 0 Å². The van der Waals surface area contributed by atoms with Crippen LogP contribution < -0.4 is 5.73 Å². The second-order valence-corrected chi connectivity index (χ2v) is 3.08. The van der Waals surface area contributed by atoms with E-state index in [1.54, 1.807) is 6.33 Å². The lowest BCUT2D eigenvalue weighted by molar-refractivity contribution is 0.581. The highest BCUT2D eigenvalue weighted by Gasteiger charge is 2.09. The van der Waals surface area contributed by atoms with Crippen molar-refractivity contribution in [3.63, 3.8) is 0 Å². The molecule has 1 unspecified atom stereocenters. The van der Waals surface area contributed by atoms with E-state index in [0.29, 0.717) is 12.5 Å². The fraction of sp³-hybridized carbons (Fsp3) is 0.667. The number of aromatic nitrogens is 2. The van der Waals surface area contributed by atoms with Crippen molar-refractivity contribution in [2.45, 2.75) is 32.1 Å². The number of hydrogen-bond acceptors (Lipinski definition) is 2. The van der Waals surface area contributed by atoms with E-state index in [-0.39, 0.29) is 0 Å². The zero-order valence-electron chi connectivity index (χ0n) is 7.59. The Hall–Kier alpha value is -0.830. The van der Waals surface area contributed by atoms with Gasteiger partial charge in [-0.05, 0) is 6.42 Å². The van der Waals surface area contributed by atoms with Crippen molar-refractivity contribution in [2.24, 2.45) is 5.73 Å². The van der Waals surface area contributed by atoms with Crippen LogP contribution in [0.2, 0.25) is 0 Å². The van der Waals surface area contributed by atoms with Crippen LogP contribution in [0, 0.1) is 0 Å². The van der Waals surface area contributed by atoms with Gasteiger partial charge in [0.1, 0.15) is 0 Å². The largest absolute Gasteiger partial charge is 0.348 e. The molecule has 1 heterocycles. The van der Waals surface area contributed by atoms with Crippen molar-refractivity contribution in [3.05, 3.63) is 18.2 Å². The molecule has 0 fully saturated rings. The lowest BCUT2D eigenvalue weighted by Crippen LogP contribution is -2.12. The molecule has 12 heavy (non-hydrogen) atoms. The first-order valence-corrected chi connectivity index (χ1v) is 4.56. The minimum absolute atomic E-state index is 0.465. The number of imidazole rings is 1. The second kappa shape index (κ2) is 4.93. The van der Waals surface area contributed by atoms with Crippen molar-refractivity contribution < 1.29 is 0 Å². The number of unbranched alkanes of at least 4 members (excludes halogenated alkanes) is 1. The van der Waals surface area contributed by atoms with Crippen molar-refractivity contribution in [2.75, 3.05) is 6.54 Å². The predicted molar refractivity (Wildman–Crippen MR) is 49.9 cm³/mol. The topological polar surface area (TPSA) is 54.7 Å². The quantitative estimate of drug-likeness (QED) is 0.700. The van der Waals surface area contributed by atoms with Gasteiger partial charge in [-0.25, -0.2) is 4.98 Å². The van der Waals surface area contributed by atoms with Gasteiger partial charge < -0.3 is 10.7 Å². The maximum atomic E-state index is 5.66. The van der Waals surface area contributed by atoms with E-state index in [0.717, 1.165) is 6.42 Å². The minimum atomic E-state index is 0.465. The number of hydrogen-bond donors (Lipinski definition) is 2. The van der Waals surface area contributed by atoms with E-state index < -0.39 is 0 Å². The molecule has 0 radical (unpaired) electrons. The van der Waals surface area contributed by atoms with Crippen LogP contribution in [-0.4, -0.2) is 16.5 Å². The molecule has 1 atom stereocenters. The first-order chi connectivity index (χ1) is 5.88. The summed E-state index contributed by atoms with van der Waals surface area (Å²) in [5, 5.41) is 0. The van der Waals surface area contributed by atoms with Crippen LogP contribution in [0.25, 0.3) is 0 Å². The Balaban J connectivity index is 2.45. The Morgan fingerprint density at radius 1 is 1.67 bits per heavy atom. The molecule has 0 bridgehead atoms. The monoisotopic (exact) mass is 167 g/mol. The predicted octanol–water partition coefficient (Wildman–Crippen LogP) is 1.64.